The van der Waals surface area contributed by atoms with Crippen LogP contribution in [0.1, 0.15) is 25.0 Å². The molecule has 2 N–H and O–H groups in total. The van der Waals surface area contributed by atoms with Gasteiger partial charge in [0.05, 0.1) is 9.82 Å². The molecule has 0 aliphatic carbocycles. The molecule has 0 radical (unpaired) electrons. The summed E-state index contributed by atoms with van der Waals surface area (Å²) in [5, 5.41) is 13.7. The first-order chi connectivity index (χ1) is 12.5. The minimum absolute atomic E-state index is 0.147. The third kappa shape index (κ3) is 4.82. The van der Waals surface area contributed by atoms with Crippen LogP contribution in [0.3, 0.4) is 0 Å². The van der Waals surface area contributed by atoms with Crippen LogP contribution in [0.25, 0.3) is 0 Å². The molecule has 0 aliphatic rings. The highest BCUT2D eigenvalue weighted by atomic mass is 32.2. The van der Waals surface area contributed by atoms with Crippen LogP contribution in [-0.2, 0) is 14.8 Å². The number of nitro benzene ring substituents is 1. The van der Waals surface area contributed by atoms with Crippen molar-refractivity contribution in [2.75, 3.05) is 10.0 Å². The van der Waals surface area contributed by atoms with Gasteiger partial charge in [0.1, 0.15) is 0 Å². The third-order valence-corrected chi connectivity index (χ3v) is 5.54. The fourth-order valence-corrected chi connectivity index (χ4v) is 3.71. The molecule has 2 aromatic rings. The zero-order valence-electron chi connectivity index (χ0n) is 15.4. The fraction of sp³-hybridized carbons (Fsp3) is 0.278. The quantitative estimate of drug-likeness (QED) is 0.576. The van der Waals surface area contributed by atoms with Crippen LogP contribution in [0.2, 0.25) is 0 Å². The lowest BCUT2D eigenvalue weighted by Gasteiger charge is -2.13. The molecule has 1 amide bonds. The average Bonchev–Trinajstić information content (AvgIpc) is 2.58. The molecule has 144 valence electrons. The summed E-state index contributed by atoms with van der Waals surface area (Å²) in [6.07, 6.45) is 0. The van der Waals surface area contributed by atoms with Crippen molar-refractivity contribution in [1.82, 2.24) is 0 Å². The molecule has 0 fully saturated rings. The van der Waals surface area contributed by atoms with Crippen molar-refractivity contribution in [2.45, 2.75) is 32.6 Å². The van der Waals surface area contributed by atoms with Crippen LogP contribution in [0.15, 0.2) is 41.3 Å². The molecule has 2 aromatic carbocycles. The predicted molar refractivity (Wildman–Crippen MR) is 103 cm³/mol. The Morgan fingerprint density at radius 3 is 2.15 bits per heavy atom. The van der Waals surface area contributed by atoms with E-state index in [9.17, 15) is 23.3 Å². The number of anilines is 2. The van der Waals surface area contributed by atoms with Crippen molar-refractivity contribution in [2.24, 2.45) is 5.92 Å². The number of sulfonamides is 1. The third-order valence-electron chi connectivity index (χ3n) is 4.03. The first-order valence-corrected chi connectivity index (χ1v) is 9.69. The molecule has 0 aromatic heterocycles. The molecule has 0 spiro atoms. The molecule has 0 heterocycles. The van der Waals surface area contributed by atoms with Gasteiger partial charge in [0, 0.05) is 29.4 Å². The molecule has 27 heavy (non-hydrogen) atoms. The number of nitrogens with one attached hydrogen (secondary N) is 2. The molecular weight excluding hydrogens is 370 g/mol. The summed E-state index contributed by atoms with van der Waals surface area (Å²) in [5.74, 6) is -0.325. The van der Waals surface area contributed by atoms with Gasteiger partial charge >= 0.3 is 0 Å². The van der Waals surface area contributed by atoms with Crippen LogP contribution >= 0.6 is 0 Å². The van der Waals surface area contributed by atoms with Crippen molar-refractivity contribution >= 4 is 33.0 Å². The maximum absolute atomic E-state index is 12.7. The number of nitro groups is 1. The number of hydrogen-bond acceptors (Lipinski definition) is 5. The second-order valence-corrected chi connectivity index (χ2v) is 8.12. The monoisotopic (exact) mass is 391 g/mol. The van der Waals surface area contributed by atoms with Crippen LogP contribution in [0.4, 0.5) is 17.1 Å². The molecular formula is C18H21N3O5S. The summed E-state index contributed by atoms with van der Waals surface area (Å²) in [5.41, 5.74) is 1.48. The van der Waals surface area contributed by atoms with Crippen LogP contribution in [0, 0.1) is 29.9 Å². The molecule has 0 atom stereocenters. The molecule has 0 aliphatic heterocycles. The average molecular weight is 391 g/mol. The highest BCUT2D eigenvalue weighted by molar-refractivity contribution is 7.92. The summed E-state index contributed by atoms with van der Waals surface area (Å²) in [6.45, 7) is 6.74. The van der Waals surface area contributed by atoms with Gasteiger partial charge in [0.15, 0.2) is 0 Å². The van der Waals surface area contributed by atoms with E-state index in [1.807, 2.05) is 0 Å². The van der Waals surface area contributed by atoms with E-state index in [2.05, 4.69) is 10.0 Å². The number of hydrogen-bond donors (Lipinski definition) is 2. The molecule has 0 bridgehead atoms. The number of amides is 1. The molecule has 0 saturated heterocycles. The molecule has 2 rings (SSSR count). The Labute approximate surface area is 157 Å². The minimum Gasteiger partial charge on any atom is -0.326 e. The summed E-state index contributed by atoms with van der Waals surface area (Å²) in [7, 11) is -4.01. The minimum atomic E-state index is -4.01. The zero-order chi connectivity index (χ0) is 20.4. The van der Waals surface area contributed by atoms with E-state index in [0.29, 0.717) is 16.8 Å². The second-order valence-electron chi connectivity index (χ2n) is 6.47. The second kappa shape index (κ2) is 7.75. The van der Waals surface area contributed by atoms with Gasteiger partial charge in [0.25, 0.3) is 15.7 Å². The number of carbonyl (C=O) groups is 1. The van der Waals surface area contributed by atoms with Gasteiger partial charge in [0.2, 0.25) is 5.91 Å². The normalized spacial score (nSPS) is 11.3. The zero-order valence-corrected chi connectivity index (χ0v) is 16.3. The number of aryl methyl sites for hydroxylation is 1. The Balaban J connectivity index is 2.29. The van der Waals surface area contributed by atoms with Gasteiger partial charge < -0.3 is 5.32 Å². The lowest BCUT2D eigenvalue weighted by Crippen LogP contribution is -2.18. The topological polar surface area (TPSA) is 118 Å². The van der Waals surface area contributed by atoms with E-state index in [4.69, 9.17) is 0 Å². The van der Waals surface area contributed by atoms with Crippen molar-refractivity contribution in [3.05, 3.63) is 57.6 Å². The van der Waals surface area contributed by atoms with Crippen LogP contribution in [0.5, 0.6) is 0 Å². The summed E-state index contributed by atoms with van der Waals surface area (Å²) in [6, 6.07) is 8.54. The first kappa shape index (κ1) is 20.4. The molecule has 0 saturated carbocycles. The highest BCUT2D eigenvalue weighted by Gasteiger charge is 2.22. The smallest absolute Gasteiger partial charge is 0.271 e. The molecule has 0 unspecified atom stereocenters. The lowest BCUT2D eigenvalue weighted by molar-refractivity contribution is -0.385. The van der Waals surface area contributed by atoms with E-state index in [-0.39, 0.29) is 28.1 Å². The Morgan fingerprint density at radius 1 is 1.07 bits per heavy atom. The predicted octanol–water partition coefficient (Wildman–Crippen LogP) is 3.61. The van der Waals surface area contributed by atoms with E-state index in [0.717, 1.165) is 6.07 Å². The van der Waals surface area contributed by atoms with Crippen molar-refractivity contribution in [3.8, 4) is 0 Å². The van der Waals surface area contributed by atoms with Crippen molar-refractivity contribution in [3.63, 3.8) is 0 Å². The number of benzene rings is 2. The van der Waals surface area contributed by atoms with E-state index >= 15 is 0 Å². The van der Waals surface area contributed by atoms with Gasteiger partial charge in [-0.3, -0.25) is 19.6 Å². The Bertz CT molecular complexity index is 983. The summed E-state index contributed by atoms with van der Waals surface area (Å²) >= 11 is 0. The maximum atomic E-state index is 12.7. The van der Waals surface area contributed by atoms with Crippen LogP contribution in [-0.4, -0.2) is 19.2 Å². The van der Waals surface area contributed by atoms with Gasteiger partial charge in [-0.1, -0.05) is 13.8 Å². The first-order valence-electron chi connectivity index (χ1n) is 8.20. The summed E-state index contributed by atoms with van der Waals surface area (Å²) in [4.78, 5) is 21.9. The molecule has 8 nitrogen and oxygen atoms in total. The number of carbonyl (C=O) groups excluding carboxylic acids is 1. The largest absolute Gasteiger partial charge is 0.326 e. The Morgan fingerprint density at radius 2 is 1.63 bits per heavy atom. The van der Waals surface area contributed by atoms with Gasteiger partial charge in [-0.05, 0) is 49.2 Å². The van der Waals surface area contributed by atoms with Gasteiger partial charge in [-0.25, -0.2) is 8.42 Å². The van der Waals surface area contributed by atoms with Gasteiger partial charge in [-0.15, -0.1) is 0 Å². The van der Waals surface area contributed by atoms with Crippen LogP contribution < -0.4 is 10.0 Å². The highest BCUT2D eigenvalue weighted by Crippen LogP contribution is 2.27. The van der Waals surface area contributed by atoms with Crippen molar-refractivity contribution < 1.29 is 18.1 Å². The van der Waals surface area contributed by atoms with E-state index in [1.54, 1.807) is 39.8 Å². The Hall–Kier alpha value is -2.94. The SMILES string of the molecule is Cc1cc([N+](=O)[O-])cc(S(=O)(=O)Nc2ccc(NC(=O)C(C)C)cc2)c1C. The maximum Gasteiger partial charge on any atom is 0.271 e. The lowest BCUT2D eigenvalue weighted by atomic mass is 10.1. The number of rotatable bonds is 6. The standard InChI is InChI=1S/C18H21N3O5S/c1-11(2)18(22)19-14-5-7-15(8-6-14)20-27(25,26)17-10-16(21(23)24)9-12(3)13(17)4/h5-11,20H,1-4H3,(H,19,22). The van der Waals surface area contributed by atoms with E-state index in [1.165, 1.54) is 18.2 Å². The summed E-state index contributed by atoms with van der Waals surface area (Å²) < 4.78 is 27.8. The van der Waals surface area contributed by atoms with E-state index < -0.39 is 14.9 Å². The number of non-ortho nitro benzene ring substituents is 1. The Kier molecular flexibility index (Phi) is 5.85. The fourth-order valence-electron chi connectivity index (χ4n) is 2.31. The molecule has 9 heteroatoms. The number of nitrogens with zero attached hydrogens (tertiary/aromatic N) is 1. The van der Waals surface area contributed by atoms with Crippen molar-refractivity contribution in [1.29, 1.82) is 0 Å². The van der Waals surface area contributed by atoms with Gasteiger partial charge in [-0.2, -0.15) is 0 Å².